The summed E-state index contributed by atoms with van der Waals surface area (Å²) in [5, 5.41) is 0. The van der Waals surface area contributed by atoms with Crippen molar-refractivity contribution in [1.29, 1.82) is 1.28 Å². The third kappa shape index (κ3) is 2.90. The quantitative estimate of drug-likeness (QED) is 0.386. The number of halogens is 2. The normalized spacial score (nSPS) is 18.0. The molecule has 0 aromatic rings. The van der Waals surface area contributed by atoms with Gasteiger partial charge in [-0.2, -0.15) is 15.8 Å². The molecule has 1 atom stereocenters. The molecule has 0 nitrogen and oxygen atoms in total. The molecule has 0 aliphatic heterocycles. The van der Waals surface area contributed by atoms with E-state index >= 15 is 0 Å². The molecule has 23 valence electrons. The molecule has 0 heterocycles. The lowest BCUT2D eigenvalue weighted by molar-refractivity contribution is 0.935. The fraction of sp³-hybridized carbons (Fsp3) is 0. The van der Waals surface area contributed by atoms with Crippen molar-refractivity contribution < 1.29 is 4.20 Å². The van der Waals surface area contributed by atoms with E-state index in [0.717, 1.165) is 5.82 Å². The van der Waals surface area contributed by atoms with Crippen molar-refractivity contribution >= 4 is 30.3 Å². The molecular weight excluding hydrogens is 141 g/mol. The Hall–Kier alpha value is 0.905. The first kappa shape index (κ1) is 3.11. The van der Waals surface area contributed by atoms with Gasteiger partial charge in [-0.05, 0) is 0 Å². The molecule has 0 rings (SSSR count). The number of hydrogen-bond acceptors (Lipinski definition) is 0. The van der Waals surface area contributed by atoms with E-state index in [1.54, 1.807) is 0 Å². The minimum Gasteiger partial charge on any atom is -0.241 e. The van der Waals surface area contributed by atoms with Crippen LogP contribution in [0.5, 0.6) is 0 Å². The summed E-state index contributed by atoms with van der Waals surface area (Å²) in [5.74, 6) is 1.04. The Balaban J connectivity index is 2.54. The molecule has 1 unspecified atom stereocenters. The molecule has 1 radical (unpaired) electrons. The molecule has 0 saturated heterocycles. The Morgan fingerprint density at radius 2 is 2.75 bits per heavy atom. The second kappa shape index (κ2) is 3.90. The lowest BCUT2D eigenvalue weighted by Gasteiger charge is -1.58. The lowest BCUT2D eigenvalue weighted by atomic mass is 10.7. The Morgan fingerprint density at radius 3 is 2.75 bits per heavy atom. The standard InChI is InChI=1S/BBrFHP/c2-1-4-3/h4H/i4T. The second-order valence-electron chi connectivity index (χ2n) is 0.195. The van der Waals surface area contributed by atoms with Crippen LogP contribution < -0.4 is 0 Å². The second-order valence-corrected chi connectivity index (χ2v) is 1.81. The third-order valence-electron chi connectivity index (χ3n) is 0.0369. The predicted molar refractivity (Wildman–Crippen MR) is 24.1 cm³/mol. The van der Waals surface area contributed by atoms with E-state index in [1.807, 2.05) is 0 Å². The van der Waals surface area contributed by atoms with Gasteiger partial charge in [-0.1, -0.05) is 0 Å². The summed E-state index contributed by atoms with van der Waals surface area (Å²) < 4.78 is 17.2. The average Bonchev–Trinajstić information content (AvgIpc) is 1.38. The van der Waals surface area contributed by atoms with Crippen LogP contribution >= 0.6 is 24.5 Å². The maximum absolute atomic E-state index is 11.1. The van der Waals surface area contributed by atoms with E-state index in [1.165, 1.54) is 0 Å². The third-order valence-corrected chi connectivity index (χ3v) is 0.575. The maximum Gasteiger partial charge on any atom is 0.277 e. The molecule has 0 aliphatic carbocycles. The van der Waals surface area contributed by atoms with Gasteiger partial charge in [0.2, 0.25) is 0 Å². The van der Waals surface area contributed by atoms with Crippen LogP contribution in [-0.4, -0.2) is 7.10 Å². The summed E-state index contributed by atoms with van der Waals surface area (Å²) in [6.45, 7) is 0. The molecule has 0 bridgehead atoms. The van der Waals surface area contributed by atoms with Crippen LogP contribution in [0.2, 0.25) is 0 Å². The Labute approximate surface area is 36.5 Å². The van der Waals surface area contributed by atoms with Crippen molar-refractivity contribution in [3.8, 4) is 0 Å². The van der Waals surface area contributed by atoms with E-state index in [0.29, 0.717) is 0 Å². The molecule has 0 aromatic carbocycles. The fourth-order valence-corrected chi connectivity index (χ4v) is 0. The minimum atomic E-state index is -2.06. The average molecular weight is 144 g/mol. The van der Waals surface area contributed by atoms with Gasteiger partial charge in [0.05, 0.1) is 1.28 Å². The molecule has 4 heavy (non-hydrogen) atoms. The highest BCUT2D eigenvalue weighted by Crippen LogP contribution is 2.08. The van der Waals surface area contributed by atoms with E-state index < -0.39 is 8.72 Å². The summed E-state index contributed by atoms with van der Waals surface area (Å²) in [6.07, 6.45) is 0. The molecule has 0 saturated carbocycles. The highest BCUT2D eigenvalue weighted by Gasteiger charge is 1.69. The van der Waals surface area contributed by atoms with E-state index in [4.69, 9.17) is 1.28 Å². The Morgan fingerprint density at radius 1 is 2.50 bits per heavy atom. The molecule has 0 N–H and O–H groups in total. The van der Waals surface area contributed by atoms with Gasteiger partial charge in [0.25, 0.3) is 5.82 Å². The molecule has 0 spiro atoms. The first-order valence-corrected chi connectivity index (χ1v) is 2.42. The topological polar surface area (TPSA) is 0 Å². The van der Waals surface area contributed by atoms with Gasteiger partial charge >= 0.3 is 0 Å². The SMILES string of the molecule is [3H]P(F)[B]Br. The summed E-state index contributed by atoms with van der Waals surface area (Å²) in [5.41, 5.74) is 0. The fourth-order valence-electron chi connectivity index (χ4n) is 0. The van der Waals surface area contributed by atoms with Crippen LogP contribution in [0.4, 0.5) is 4.20 Å². The van der Waals surface area contributed by atoms with Crippen molar-refractivity contribution in [3.05, 3.63) is 0 Å². The Kier molecular flexibility index (Phi) is 3.03. The number of hydrogen-bond donors (Lipinski definition) is 0. The molecule has 0 aromatic heterocycles. The number of rotatable bonds is 1. The lowest BCUT2D eigenvalue weighted by Crippen LogP contribution is -1.41. The predicted octanol–water partition coefficient (Wildman–Crippen LogP) is 1.48. The molecule has 0 aliphatic rings. The maximum atomic E-state index is 11.1. The van der Waals surface area contributed by atoms with Crippen LogP contribution in [-0.2, 0) is 0 Å². The minimum absolute atomic E-state index is 1.04. The summed E-state index contributed by atoms with van der Waals surface area (Å²) in [7, 11) is -2.06. The van der Waals surface area contributed by atoms with Crippen molar-refractivity contribution in [1.82, 2.24) is 0 Å². The smallest absolute Gasteiger partial charge is 0.241 e. The highest BCUT2D eigenvalue weighted by molar-refractivity contribution is 9.26. The van der Waals surface area contributed by atoms with Gasteiger partial charge in [-0.25, -0.2) is 4.20 Å². The summed E-state index contributed by atoms with van der Waals surface area (Å²) in [6, 6.07) is 0. The van der Waals surface area contributed by atoms with Crippen molar-refractivity contribution in [2.45, 2.75) is 0 Å². The first-order valence-electron chi connectivity index (χ1n) is 1.09. The highest BCUT2D eigenvalue weighted by atomic mass is 79.9. The zero-order chi connectivity index (χ0) is 4.28. The van der Waals surface area contributed by atoms with E-state index in [2.05, 4.69) is 15.8 Å². The molecule has 0 amide bonds. The first-order chi connectivity index (χ1) is 2.27. The van der Waals surface area contributed by atoms with Gasteiger partial charge in [0.15, 0.2) is 0 Å². The molecule has 0 fully saturated rings. The monoisotopic (exact) mass is 143 g/mol. The zero-order valence-corrected chi connectivity index (χ0v) is 4.26. The van der Waals surface area contributed by atoms with Crippen molar-refractivity contribution in [2.24, 2.45) is 0 Å². The van der Waals surface area contributed by atoms with Gasteiger partial charge in [-0.3, -0.25) is 0 Å². The molecular formula is HBBrFP. The van der Waals surface area contributed by atoms with Crippen LogP contribution in [0.25, 0.3) is 0 Å². The summed E-state index contributed by atoms with van der Waals surface area (Å²) in [4.78, 5) is 0. The van der Waals surface area contributed by atoms with Crippen LogP contribution in [0, 0.1) is 0 Å². The van der Waals surface area contributed by atoms with Gasteiger partial charge in [0, 0.05) is 8.72 Å². The van der Waals surface area contributed by atoms with Crippen LogP contribution in [0.3, 0.4) is 0 Å². The van der Waals surface area contributed by atoms with Gasteiger partial charge in [-0.15, -0.1) is 0 Å². The van der Waals surface area contributed by atoms with E-state index in [9.17, 15) is 4.20 Å². The molecule has 4 heteroatoms. The Bertz CT molecular complexity index is 25.6. The van der Waals surface area contributed by atoms with E-state index in [-0.39, 0.29) is 0 Å². The van der Waals surface area contributed by atoms with Gasteiger partial charge < -0.3 is 0 Å². The van der Waals surface area contributed by atoms with Gasteiger partial charge in [0.1, 0.15) is 0 Å². The summed E-state index contributed by atoms with van der Waals surface area (Å²) >= 11 is 2.65. The van der Waals surface area contributed by atoms with Crippen molar-refractivity contribution in [2.75, 3.05) is 0 Å². The van der Waals surface area contributed by atoms with Crippen molar-refractivity contribution in [3.63, 3.8) is 0 Å². The zero-order valence-electron chi connectivity index (χ0n) is 2.78. The van der Waals surface area contributed by atoms with Crippen LogP contribution in [0.15, 0.2) is 0 Å². The largest absolute Gasteiger partial charge is 0.277 e. The van der Waals surface area contributed by atoms with Crippen LogP contribution in [0.1, 0.15) is 0 Å².